The maximum absolute atomic E-state index is 5.79. The van der Waals surface area contributed by atoms with E-state index in [1.165, 1.54) is 24.2 Å². The fraction of sp³-hybridized carbons (Fsp3) is 0.708. The fourth-order valence-electron chi connectivity index (χ4n) is 4.12. The molecule has 0 bridgehead atoms. The molecule has 2 aliphatic rings. The highest BCUT2D eigenvalue weighted by Crippen LogP contribution is 2.17. The monoisotopic (exact) mass is 559 g/mol. The Morgan fingerprint density at radius 1 is 1.12 bits per heavy atom. The Bertz CT molecular complexity index is 662. The van der Waals surface area contributed by atoms with E-state index in [9.17, 15) is 0 Å². The van der Waals surface area contributed by atoms with Gasteiger partial charge in [0.2, 0.25) is 0 Å². The maximum Gasteiger partial charge on any atom is 0.190 e. The zero-order chi connectivity index (χ0) is 21.7. The van der Waals surface area contributed by atoms with E-state index in [1.54, 1.807) is 0 Å². The van der Waals surface area contributed by atoms with Crippen molar-refractivity contribution in [2.75, 3.05) is 77.6 Å². The second-order valence-electron chi connectivity index (χ2n) is 8.51. The van der Waals surface area contributed by atoms with Crippen LogP contribution in [0.4, 0.5) is 5.69 Å². The maximum atomic E-state index is 5.79. The zero-order valence-electron chi connectivity index (χ0n) is 19.9. The summed E-state index contributed by atoms with van der Waals surface area (Å²) in [6.45, 7) is 12.1. The van der Waals surface area contributed by atoms with Gasteiger partial charge in [0.15, 0.2) is 5.96 Å². The summed E-state index contributed by atoms with van der Waals surface area (Å²) in [7, 11) is 1.83. The Hall–Kier alpha value is -1.10. The lowest BCUT2D eigenvalue weighted by Gasteiger charge is -2.36. The van der Waals surface area contributed by atoms with E-state index in [0.717, 1.165) is 84.3 Å². The summed E-state index contributed by atoms with van der Waals surface area (Å²) in [5, 5.41) is 6.80. The van der Waals surface area contributed by atoms with Crippen LogP contribution in [0.2, 0.25) is 0 Å². The second-order valence-corrected chi connectivity index (χ2v) is 8.51. The summed E-state index contributed by atoms with van der Waals surface area (Å²) in [5.41, 5.74) is 2.70. The number of hydrogen-bond donors (Lipinski definition) is 2. The van der Waals surface area contributed by atoms with Gasteiger partial charge in [-0.2, -0.15) is 0 Å². The van der Waals surface area contributed by atoms with Crippen molar-refractivity contribution in [1.82, 2.24) is 15.5 Å². The van der Waals surface area contributed by atoms with Crippen molar-refractivity contribution < 1.29 is 9.47 Å². The van der Waals surface area contributed by atoms with Crippen molar-refractivity contribution in [3.05, 3.63) is 29.8 Å². The minimum atomic E-state index is 0. The summed E-state index contributed by atoms with van der Waals surface area (Å²) in [6, 6.07) is 8.85. The number of guanidine groups is 1. The van der Waals surface area contributed by atoms with E-state index in [4.69, 9.17) is 9.47 Å². The third kappa shape index (κ3) is 9.80. The van der Waals surface area contributed by atoms with Crippen LogP contribution in [0.25, 0.3) is 0 Å². The van der Waals surface area contributed by atoms with E-state index in [0.29, 0.717) is 6.10 Å². The normalized spacial score (nSPS) is 19.6. The molecule has 2 fully saturated rings. The van der Waals surface area contributed by atoms with Crippen molar-refractivity contribution in [2.24, 2.45) is 4.99 Å². The second kappa shape index (κ2) is 15.7. The number of unbranched alkanes of at least 4 members (excludes halogenated alkanes) is 1. The van der Waals surface area contributed by atoms with Gasteiger partial charge >= 0.3 is 0 Å². The number of rotatable bonds is 11. The first-order chi connectivity index (χ1) is 15.2. The van der Waals surface area contributed by atoms with Crippen LogP contribution < -0.4 is 15.5 Å². The number of aliphatic imine (C=N–C) groups is 1. The molecule has 0 aliphatic carbocycles. The summed E-state index contributed by atoms with van der Waals surface area (Å²) in [6.07, 6.45) is 4.67. The van der Waals surface area contributed by atoms with Gasteiger partial charge in [-0.15, -0.1) is 24.0 Å². The molecule has 1 aromatic rings. The predicted octanol–water partition coefficient (Wildman–Crippen LogP) is 2.88. The van der Waals surface area contributed by atoms with Crippen molar-refractivity contribution in [3.8, 4) is 0 Å². The summed E-state index contributed by atoms with van der Waals surface area (Å²) < 4.78 is 11.1. The van der Waals surface area contributed by atoms with Crippen LogP contribution in [0.3, 0.4) is 0 Å². The molecular weight excluding hydrogens is 517 g/mol. The Morgan fingerprint density at radius 3 is 2.59 bits per heavy atom. The van der Waals surface area contributed by atoms with Crippen LogP contribution in [0.1, 0.15) is 31.2 Å². The highest BCUT2D eigenvalue weighted by atomic mass is 127. The molecule has 0 spiro atoms. The molecule has 1 atom stereocenters. The SMILES string of the molecule is CN=C(NCCCCN1CCN(c2cccc(C)c2)CC1)NCCCOC1CCOC1.I. The van der Waals surface area contributed by atoms with Crippen molar-refractivity contribution >= 4 is 35.6 Å². The van der Waals surface area contributed by atoms with E-state index in [2.05, 4.69) is 56.6 Å². The van der Waals surface area contributed by atoms with Gasteiger partial charge < -0.3 is 25.0 Å². The number of anilines is 1. The number of benzene rings is 1. The fourth-order valence-corrected chi connectivity index (χ4v) is 4.12. The average molecular weight is 560 g/mol. The number of nitrogens with zero attached hydrogens (tertiary/aromatic N) is 3. The smallest absolute Gasteiger partial charge is 0.190 e. The van der Waals surface area contributed by atoms with Crippen molar-refractivity contribution in [2.45, 2.75) is 38.7 Å². The molecule has 2 aliphatic heterocycles. The molecule has 182 valence electrons. The van der Waals surface area contributed by atoms with Crippen molar-refractivity contribution in [3.63, 3.8) is 0 Å². The molecule has 2 heterocycles. The van der Waals surface area contributed by atoms with Gasteiger partial charge in [0.25, 0.3) is 0 Å². The largest absolute Gasteiger partial charge is 0.379 e. The standard InChI is InChI=1S/C24H41N5O2.HI/c1-21-7-5-8-22(19-21)29-15-13-28(14-16-29)12-4-3-10-26-24(25-2)27-11-6-17-31-23-9-18-30-20-23;/h5,7-8,19,23H,3-4,6,9-18,20H2,1-2H3,(H2,25,26,27);1H. The Morgan fingerprint density at radius 2 is 1.91 bits per heavy atom. The minimum Gasteiger partial charge on any atom is -0.379 e. The Labute approximate surface area is 211 Å². The molecule has 2 saturated heterocycles. The highest BCUT2D eigenvalue weighted by molar-refractivity contribution is 14.0. The van der Waals surface area contributed by atoms with Gasteiger partial charge in [0.05, 0.1) is 12.7 Å². The van der Waals surface area contributed by atoms with Gasteiger partial charge in [-0.3, -0.25) is 9.89 Å². The minimum absolute atomic E-state index is 0. The number of aryl methyl sites for hydroxylation is 1. The van der Waals surface area contributed by atoms with Crippen LogP contribution >= 0.6 is 24.0 Å². The predicted molar refractivity (Wildman–Crippen MR) is 144 cm³/mol. The van der Waals surface area contributed by atoms with Crippen LogP contribution in [-0.4, -0.2) is 89.6 Å². The number of hydrogen-bond acceptors (Lipinski definition) is 5. The van der Waals surface area contributed by atoms with E-state index in [1.807, 2.05) is 7.05 Å². The van der Waals surface area contributed by atoms with E-state index < -0.39 is 0 Å². The summed E-state index contributed by atoms with van der Waals surface area (Å²) >= 11 is 0. The lowest BCUT2D eigenvalue weighted by atomic mass is 10.2. The van der Waals surface area contributed by atoms with Crippen LogP contribution in [-0.2, 0) is 9.47 Å². The summed E-state index contributed by atoms with van der Waals surface area (Å²) in [4.78, 5) is 9.41. The Kier molecular flexibility index (Phi) is 13.3. The average Bonchev–Trinajstić information content (AvgIpc) is 3.31. The van der Waals surface area contributed by atoms with Gasteiger partial charge in [-0.05, 0) is 56.8 Å². The quantitative estimate of drug-likeness (QED) is 0.188. The zero-order valence-corrected chi connectivity index (χ0v) is 22.2. The van der Waals surface area contributed by atoms with E-state index >= 15 is 0 Å². The third-order valence-corrected chi connectivity index (χ3v) is 6.01. The first-order valence-electron chi connectivity index (χ1n) is 11.9. The molecule has 7 nitrogen and oxygen atoms in total. The molecule has 3 rings (SSSR count). The molecular formula is C24H42IN5O2. The van der Waals surface area contributed by atoms with Crippen molar-refractivity contribution in [1.29, 1.82) is 0 Å². The molecule has 0 saturated carbocycles. The molecule has 0 amide bonds. The number of nitrogens with one attached hydrogen (secondary N) is 2. The molecule has 0 radical (unpaired) electrons. The van der Waals surface area contributed by atoms with Crippen LogP contribution in [0.5, 0.6) is 0 Å². The van der Waals surface area contributed by atoms with Gasteiger partial charge in [-0.1, -0.05) is 12.1 Å². The number of halogens is 1. The van der Waals surface area contributed by atoms with E-state index in [-0.39, 0.29) is 24.0 Å². The molecule has 32 heavy (non-hydrogen) atoms. The first-order valence-corrected chi connectivity index (χ1v) is 11.9. The van der Waals surface area contributed by atoms with Gasteiger partial charge in [0.1, 0.15) is 0 Å². The lowest BCUT2D eigenvalue weighted by molar-refractivity contribution is 0.0420. The third-order valence-electron chi connectivity index (χ3n) is 6.01. The molecule has 2 N–H and O–H groups in total. The van der Waals surface area contributed by atoms with Gasteiger partial charge in [-0.25, -0.2) is 0 Å². The summed E-state index contributed by atoms with van der Waals surface area (Å²) in [5.74, 6) is 0.885. The highest BCUT2D eigenvalue weighted by Gasteiger charge is 2.17. The molecule has 1 aromatic carbocycles. The van der Waals surface area contributed by atoms with Gasteiger partial charge in [0, 0.05) is 65.2 Å². The molecule has 1 unspecified atom stereocenters. The number of ether oxygens (including phenoxy) is 2. The Balaban J connectivity index is 0.00000363. The van der Waals surface area contributed by atoms with Crippen LogP contribution in [0, 0.1) is 6.92 Å². The number of piperazine rings is 1. The lowest BCUT2D eigenvalue weighted by Crippen LogP contribution is -2.46. The topological polar surface area (TPSA) is 61.4 Å². The molecule has 0 aromatic heterocycles. The molecule has 8 heteroatoms. The van der Waals surface area contributed by atoms with Crippen LogP contribution in [0.15, 0.2) is 29.3 Å². The first kappa shape index (κ1) is 27.1.